The number of urea groups is 1. The van der Waals surface area contributed by atoms with E-state index < -0.39 is 12.0 Å². The summed E-state index contributed by atoms with van der Waals surface area (Å²) in [5, 5.41) is 13.9. The Morgan fingerprint density at radius 2 is 2.00 bits per heavy atom. The van der Waals surface area contributed by atoms with Gasteiger partial charge in [0.25, 0.3) is 0 Å². The van der Waals surface area contributed by atoms with Crippen molar-refractivity contribution in [2.24, 2.45) is 0 Å². The number of hydrogen-bond donors (Lipinski definition) is 3. The fraction of sp³-hybridized carbons (Fsp3) is 0.308. The number of carboxylic acids is 1. The fourth-order valence-electron chi connectivity index (χ4n) is 1.44. The zero-order valence-corrected chi connectivity index (χ0v) is 11.3. The van der Waals surface area contributed by atoms with Crippen molar-refractivity contribution in [2.75, 3.05) is 26.0 Å². The first-order valence-corrected chi connectivity index (χ1v) is 6.00. The van der Waals surface area contributed by atoms with Gasteiger partial charge in [-0.25, -0.2) is 9.59 Å². The van der Waals surface area contributed by atoms with Crippen LogP contribution in [0.15, 0.2) is 24.3 Å². The van der Waals surface area contributed by atoms with Crippen molar-refractivity contribution in [3.63, 3.8) is 0 Å². The molecule has 0 spiro atoms. The summed E-state index contributed by atoms with van der Waals surface area (Å²) in [6.07, 6.45) is 0.204. The van der Waals surface area contributed by atoms with Crippen molar-refractivity contribution in [1.82, 2.24) is 10.2 Å². The lowest BCUT2D eigenvalue weighted by Crippen LogP contribution is -2.34. The highest BCUT2D eigenvalue weighted by Crippen LogP contribution is 2.11. The van der Waals surface area contributed by atoms with E-state index in [1.165, 1.54) is 24.1 Å². The molecule has 108 valence electrons. The number of rotatable bonds is 5. The predicted molar refractivity (Wildman–Crippen MR) is 73.7 cm³/mol. The number of anilines is 1. The van der Waals surface area contributed by atoms with Gasteiger partial charge in [-0.15, -0.1) is 0 Å². The molecule has 0 bridgehead atoms. The molecule has 20 heavy (non-hydrogen) atoms. The van der Waals surface area contributed by atoms with Gasteiger partial charge < -0.3 is 20.6 Å². The SMILES string of the molecule is CNC(=O)CCN(C)C(=O)Nc1cccc(C(=O)O)c1. The van der Waals surface area contributed by atoms with Gasteiger partial charge in [0.05, 0.1) is 5.56 Å². The number of benzene rings is 1. The molecular formula is C13H17N3O4. The molecule has 0 saturated heterocycles. The average Bonchev–Trinajstić information content (AvgIpc) is 2.44. The number of nitrogens with one attached hydrogen (secondary N) is 2. The van der Waals surface area contributed by atoms with E-state index in [1.807, 2.05) is 0 Å². The van der Waals surface area contributed by atoms with Gasteiger partial charge in [0.15, 0.2) is 0 Å². The third kappa shape index (κ3) is 4.60. The summed E-state index contributed by atoms with van der Waals surface area (Å²) in [7, 11) is 3.08. The topological polar surface area (TPSA) is 98.7 Å². The summed E-state index contributed by atoms with van der Waals surface area (Å²) in [5.74, 6) is -1.22. The molecular weight excluding hydrogens is 262 g/mol. The first-order valence-electron chi connectivity index (χ1n) is 6.00. The molecule has 7 nitrogen and oxygen atoms in total. The van der Waals surface area contributed by atoms with Gasteiger partial charge in [0.1, 0.15) is 0 Å². The predicted octanol–water partition coefficient (Wildman–Crippen LogP) is 0.985. The maximum atomic E-state index is 11.8. The van der Waals surface area contributed by atoms with Crippen LogP contribution in [0.4, 0.5) is 10.5 Å². The van der Waals surface area contributed by atoms with Crippen molar-refractivity contribution in [3.05, 3.63) is 29.8 Å². The van der Waals surface area contributed by atoms with Gasteiger partial charge in [-0.2, -0.15) is 0 Å². The zero-order chi connectivity index (χ0) is 15.1. The fourth-order valence-corrected chi connectivity index (χ4v) is 1.44. The van der Waals surface area contributed by atoms with Gasteiger partial charge in [-0.05, 0) is 18.2 Å². The van der Waals surface area contributed by atoms with E-state index in [2.05, 4.69) is 10.6 Å². The number of amides is 3. The third-order valence-electron chi connectivity index (χ3n) is 2.66. The number of hydrogen-bond acceptors (Lipinski definition) is 3. The molecule has 0 unspecified atom stereocenters. The number of carboxylic acid groups (broad SMARTS) is 1. The molecule has 1 rings (SSSR count). The van der Waals surface area contributed by atoms with Crippen molar-refractivity contribution in [2.45, 2.75) is 6.42 Å². The lowest BCUT2D eigenvalue weighted by Gasteiger charge is -2.17. The summed E-state index contributed by atoms with van der Waals surface area (Å²) < 4.78 is 0. The average molecular weight is 279 g/mol. The molecule has 0 atom stereocenters. The van der Waals surface area contributed by atoms with Crippen LogP contribution >= 0.6 is 0 Å². The number of carbonyl (C=O) groups is 3. The van der Waals surface area contributed by atoms with E-state index in [0.717, 1.165) is 0 Å². The summed E-state index contributed by atoms with van der Waals surface area (Å²) in [5.41, 5.74) is 0.484. The van der Waals surface area contributed by atoms with Crippen LogP contribution in [0, 0.1) is 0 Å². The highest BCUT2D eigenvalue weighted by atomic mass is 16.4. The van der Waals surface area contributed by atoms with Crippen molar-refractivity contribution in [1.29, 1.82) is 0 Å². The van der Waals surface area contributed by atoms with Crippen LogP contribution in [-0.2, 0) is 4.79 Å². The first kappa shape index (κ1) is 15.5. The molecule has 3 amide bonds. The molecule has 1 aromatic carbocycles. The van der Waals surface area contributed by atoms with Gasteiger partial charge in [-0.3, -0.25) is 4.79 Å². The Balaban J connectivity index is 2.59. The molecule has 0 heterocycles. The Kier molecular flexibility index (Phi) is 5.52. The van der Waals surface area contributed by atoms with Crippen LogP contribution in [0.2, 0.25) is 0 Å². The Morgan fingerprint density at radius 1 is 1.30 bits per heavy atom. The molecule has 0 aliphatic heterocycles. The largest absolute Gasteiger partial charge is 0.478 e. The molecule has 0 saturated carbocycles. The highest BCUT2D eigenvalue weighted by molar-refractivity contribution is 5.93. The molecule has 3 N–H and O–H groups in total. The van der Waals surface area contributed by atoms with Crippen LogP contribution in [-0.4, -0.2) is 48.6 Å². The second-order valence-corrected chi connectivity index (χ2v) is 4.16. The van der Waals surface area contributed by atoms with Crippen LogP contribution in [0.3, 0.4) is 0 Å². The Morgan fingerprint density at radius 3 is 2.60 bits per heavy atom. The van der Waals surface area contributed by atoms with E-state index in [4.69, 9.17) is 5.11 Å². The normalized spacial score (nSPS) is 9.70. The maximum absolute atomic E-state index is 11.8. The van der Waals surface area contributed by atoms with Gasteiger partial charge in [0, 0.05) is 32.7 Å². The summed E-state index contributed by atoms with van der Waals surface area (Å²) in [6.45, 7) is 0.268. The Bertz CT molecular complexity index is 516. The van der Waals surface area contributed by atoms with E-state index in [0.29, 0.717) is 5.69 Å². The lowest BCUT2D eigenvalue weighted by atomic mass is 10.2. The molecule has 1 aromatic rings. The number of carbonyl (C=O) groups excluding carboxylic acids is 2. The van der Waals surface area contributed by atoms with Crippen LogP contribution in [0.5, 0.6) is 0 Å². The number of aromatic carboxylic acids is 1. The molecule has 0 fully saturated rings. The van der Waals surface area contributed by atoms with Crippen molar-refractivity contribution >= 4 is 23.6 Å². The number of nitrogens with zero attached hydrogens (tertiary/aromatic N) is 1. The van der Waals surface area contributed by atoms with E-state index in [-0.39, 0.29) is 24.4 Å². The second-order valence-electron chi connectivity index (χ2n) is 4.16. The maximum Gasteiger partial charge on any atom is 0.335 e. The van der Waals surface area contributed by atoms with E-state index in [1.54, 1.807) is 19.2 Å². The van der Waals surface area contributed by atoms with Crippen LogP contribution in [0.1, 0.15) is 16.8 Å². The molecule has 0 aromatic heterocycles. The lowest BCUT2D eigenvalue weighted by molar-refractivity contribution is -0.120. The minimum atomic E-state index is -1.06. The molecule has 0 radical (unpaired) electrons. The minimum absolute atomic E-state index is 0.0933. The standard InChI is InChI=1S/C13H17N3O4/c1-14-11(17)6-7-16(2)13(20)15-10-5-3-4-9(8-10)12(18)19/h3-5,8H,6-7H2,1-2H3,(H,14,17)(H,15,20)(H,18,19). The monoisotopic (exact) mass is 279 g/mol. The molecule has 7 heteroatoms. The van der Waals surface area contributed by atoms with E-state index in [9.17, 15) is 14.4 Å². The highest BCUT2D eigenvalue weighted by Gasteiger charge is 2.11. The summed E-state index contributed by atoms with van der Waals surface area (Å²) in [6, 6.07) is 5.54. The summed E-state index contributed by atoms with van der Waals surface area (Å²) >= 11 is 0. The third-order valence-corrected chi connectivity index (χ3v) is 2.66. The molecule has 0 aliphatic carbocycles. The Hall–Kier alpha value is -2.57. The summed E-state index contributed by atoms with van der Waals surface area (Å²) in [4.78, 5) is 35.1. The van der Waals surface area contributed by atoms with Crippen LogP contribution in [0.25, 0.3) is 0 Å². The quantitative estimate of drug-likeness (QED) is 0.748. The van der Waals surface area contributed by atoms with Crippen LogP contribution < -0.4 is 10.6 Å². The Labute approximate surface area is 116 Å². The van der Waals surface area contributed by atoms with Gasteiger partial charge in [-0.1, -0.05) is 6.07 Å². The van der Waals surface area contributed by atoms with Crippen molar-refractivity contribution in [3.8, 4) is 0 Å². The van der Waals surface area contributed by atoms with Gasteiger partial charge in [0.2, 0.25) is 5.91 Å². The minimum Gasteiger partial charge on any atom is -0.478 e. The van der Waals surface area contributed by atoms with E-state index >= 15 is 0 Å². The van der Waals surface area contributed by atoms with Gasteiger partial charge >= 0.3 is 12.0 Å². The smallest absolute Gasteiger partial charge is 0.335 e. The molecule has 0 aliphatic rings. The second kappa shape index (κ2) is 7.13. The zero-order valence-electron chi connectivity index (χ0n) is 11.3. The van der Waals surface area contributed by atoms with Crippen molar-refractivity contribution < 1.29 is 19.5 Å². The first-order chi connectivity index (χ1) is 9.43.